The topological polar surface area (TPSA) is 62.6 Å². The molecule has 5 heteroatoms. The molecular weight excluding hydrogens is 304 g/mol. The van der Waals surface area contributed by atoms with E-state index < -0.39 is 6.04 Å². The third-order valence-corrected chi connectivity index (χ3v) is 5.00. The van der Waals surface area contributed by atoms with Crippen LogP contribution in [0.25, 0.3) is 0 Å². The number of aryl methyl sites for hydroxylation is 1. The molecule has 0 spiro atoms. The summed E-state index contributed by atoms with van der Waals surface area (Å²) in [5.74, 6) is 0.0273. The number of amides is 2. The Bertz CT molecular complexity index is 754. The minimum Gasteiger partial charge on any atom is -0.459 e. The maximum absolute atomic E-state index is 12.8. The molecule has 5 nitrogen and oxygen atoms in total. The first kappa shape index (κ1) is 15.0. The molecule has 4 rings (SSSR count). The molecule has 1 fully saturated rings. The summed E-state index contributed by atoms with van der Waals surface area (Å²) in [6, 6.07) is 11.2. The van der Waals surface area contributed by atoms with Crippen LogP contribution in [-0.2, 0) is 11.2 Å². The lowest BCUT2D eigenvalue weighted by atomic mass is 10.1. The lowest BCUT2D eigenvalue weighted by Gasteiger charge is -2.25. The van der Waals surface area contributed by atoms with E-state index >= 15 is 0 Å². The highest BCUT2D eigenvalue weighted by molar-refractivity contribution is 5.96. The molecule has 1 N–H and O–H groups in total. The standard InChI is InChI=1S/C19H20N2O3/c22-18(20-15-10-9-13-5-1-2-6-14(13)15)16-7-3-11-21(16)19(23)17-8-4-12-24-17/h1-2,4-6,8,12,15-16H,3,7,9-11H2,(H,20,22). The third-order valence-electron chi connectivity index (χ3n) is 5.00. The normalized spacial score (nSPS) is 22.4. The van der Waals surface area contributed by atoms with E-state index in [1.807, 2.05) is 12.1 Å². The molecular formula is C19H20N2O3. The Balaban J connectivity index is 1.47. The fraction of sp³-hybridized carbons (Fsp3) is 0.368. The minimum absolute atomic E-state index is 0.0508. The van der Waals surface area contributed by atoms with Gasteiger partial charge in [-0.3, -0.25) is 9.59 Å². The summed E-state index contributed by atoms with van der Waals surface area (Å²) in [6.07, 6.45) is 4.93. The van der Waals surface area contributed by atoms with Crippen molar-refractivity contribution in [2.24, 2.45) is 0 Å². The molecule has 1 aromatic heterocycles. The van der Waals surface area contributed by atoms with E-state index in [0.29, 0.717) is 18.7 Å². The van der Waals surface area contributed by atoms with Crippen molar-refractivity contribution in [2.45, 2.75) is 37.8 Å². The van der Waals surface area contributed by atoms with E-state index in [1.54, 1.807) is 17.0 Å². The highest BCUT2D eigenvalue weighted by Gasteiger charge is 2.37. The molecule has 1 aliphatic heterocycles. The van der Waals surface area contributed by atoms with E-state index in [4.69, 9.17) is 4.42 Å². The highest BCUT2D eigenvalue weighted by Crippen LogP contribution is 2.31. The second-order valence-corrected chi connectivity index (χ2v) is 6.43. The third kappa shape index (κ3) is 2.60. The van der Waals surface area contributed by atoms with Crippen LogP contribution in [0.4, 0.5) is 0 Å². The molecule has 2 aliphatic rings. The number of nitrogens with zero attached hydrogens (tertiary/aromatic N) is 1. The molecule has 0 bridgehead atoms. The number of carbonyl (C=O) groups excluding carboxylic acids is 2. The van der Waals surface area contributed by atoms with Gasteiger partial charge in [0, 0.05) is 6.54 Å². The monoisotopic (exact) mass is 324 g/mol. The summed E-state index contributed by atoms with van der Waals surface area (Å²) in [6.45, 7) is 0.596. The van der Waals surface area contributed by atoms with Crippen molar-refractivity contribution in [1.29, 1.82) is 0 Å². The Morgan fingerprint density at radius 1 is 1.12 bits per heavy atom. The average Bonchev–Trinajstić information content (AvgIpc) is 3.35. The van der Waals surface area contributed by atoms with Gasteiger partial charge in [0.25, 0.3) is 5.91 Å². The number of fused-ring (bicyclic) bond motifs is 1. The van der Waals surface area contributed by atoms with Crippen molar-refractivity contribution in [3.05, 3.63) is 59.5 Å². The van der Waals surface area contributed by atoms with E-state index in [-0.39, 0.29) is 17.9 Å². The molecule has 1 saturated heterocycles. The fourth-order valence-corrected chi connectivity index (χ4v) is 3.80. The molecule has 24 heavy (non-hydrogen) atoms. The number of rotatable bonds is 3. The van der Waals surface area contributed by atoms with Crippen LogP contribution in [-0.4, -0.2) is 29.3 Å². The zero-order valence-corrected chi connectivity index (χ0v) is 13.4. The number of furan rings is 1. The number of carbonyl (C=O) groups is 2. The molecule has 0 radical (unpaired) electrons. The second-order valence-electron chi connectivity index (χ2n) is 6.43. The summed E-state index contributed by atoms with van der Waals surface area (Å²) >= 11 is 0. The number of benzene rings is 1. The zero-order chi connectivity index (χ0) is 16.5. The van der Waals surface area contributed by atoms with Crippen molar-refractivity contribution in [1.82, 2.24) is 10.2 Å². The van der Waals surface area contributed by atoms with Crippen molar-refractivity contribution in [3.8, 4) is 0 Å². The number of likely N-dealkylation sites (tertiary alicyclic amines) is 1. The molecule has 0 saturated carbocycles. The Kier molecular flexibility index (Phi) is 3.84. The molecule has 2 amide bonds. The van der Waals surface area contributed by atoms with Crippen molar-refractivity contribution >= 4 is 11.8 Å². The predicted octanol–water partition coefficient (Wildman–Crippen LogP) is 2.69. The van der Waals surface area contributed by atoms with Crippen molar-refractivity contribution in [3.63, 3.8) is 0 Å². The molecule has 2 unspecified atom stereocenters. The molecule has 124 valence electrons. The maximum Gasteiger partial charge on any atom is 0.290 e. The Morgan fingerprint density at radius 3 is 2.83 bits per heavy atom. The smallest absolute Gasteiger partial charge is 0.290 e. The van der Waals surface area contributed by atoms with Crippen LogP contribution in [0.2, 0.25) is 0 Å². The summed E-state index contributed by atoms with van der Waals surface area (Å²) in [4.78, 5) is 26.9. The summed E-state index contributed by atoms with van der Waals surface area (Å²) < 4.78 is 5.19. The molecule has 2 aromatic rings. The molecule has 1 aliphatic carbocycles. The van der Waals surface area contributed by atoms with Gasteiger partial charge >= 0.3 is 0 Å². The number of nitrogens with one attached hydrogen (secondary N) is 1. The van der Waals surface area contributed by atoms with Crippen LogP contribution in [0.15, 0.2) is 47.1 Å². The quantitative estimate of drug-likeness (QED) is 0.944. The van der Waals surface area contributed by atoms with E-state index in [1.165, 1.54) is 17.4 Å². The van der Waals surface area contributed by atoms with Gasteiger partial charge in [0.05, 0.1) is 12.3 Å². The van der Waals surface area contributed by atoms with E-state index in [0.717, 1.165) is 19.3 Å². The SMILES string of the molecule is O=C(NC1CCc2ccccc21)C1CCCN1C(=O)c1ccco1. The van der Waals surface area contributed by atoms with Crippen molar-refractivity contribution in [2.75, 3.05) is 6.54 Å². The van der Waals surface area contributed by atoms with E-state index in [2.05, 4.69) is 17.4 Å². The average molecular weight is 324 g/mol. The minimum atomic E-state index is -0.407. The summed E-state index contributed by atoms with van der Waals surface area (Å²) in [5, 5.41) is 3.14. The molecule has 2 atom stereocenters. The van der Waals surface area contributed by atoms with Gasteiger partial charge in [-0.15, -0.1) is 0 Å². The van der Waals surface area contributed by atoms with Crippen LogP contribution in [0.3, 0.4) is 0 Å². The zero-order valence-electron chi connectivity index (χ0n) is 13.4. The number of hydrogen-bond donors (Lipinski definition) is 1. The van der Waals surface area contributed by atoms with Gasteiger partial charge in [-0.05, 0) is 48.9 Å². The van der Waals surface area contributed by atoms with Gasteiger partial charge < -0.3 is 14.6 Å². The maximum atomic E-state index is 12.8. The van der Waals surface area contributed by atoms with Crippen molar-refractivity contribution < 1.29 is 14.0 Å². The Labute approximate surface area is 140 Å². The fourth-order valence-electron chi connectivity index (χ4n) is 3.80. The lowest BCUT2D eigenvalue weighted by Crippen LogP contribution is -2.46. The van der Waals surface area contributed by atoms with Gasteiger partial charge in [-0.1, -0.05) is 24.3 Å². The van der Waals surface area contributed by atoms with Crippen LogP contribution in [0, 0.1) is 0 Å². The lowest BCUT2D eigenvalue weighted by molar-refractivity contribution is -0.125. The molecule has 1 aromatic carbocycles. The Morgan fingerprint density at radius 2 is 2.00 bits per heavy atom. The number of hydrogen-bond acceptors (Lipinski definition) is 3. The van der Waals surface area contributed by atoms with E-state index in [9.17, 15) is 9.59 Å². The van der Waals surface area contributed by atoms with Gasteiger partial charge in [-0.2, -0.15) is 0 Å². The largest absolute Gasteiger partial charge is 0.459 e. The van der Waals surface area contributed by atoms with Crippen LogP contribution in [0.5, 0.6) is 0 Å². The van der Waals surface area contributed by atoms with Crippen LogP contribution < -0.4 is 5.32 Å². The first-order valence-electron chi connectivity index (χ1n) is 8.46. The highest BCUT2D eigenvalue weighted by atomic mass is 16.3. The van der Waals surface area contributed by atoms with Gasteiger partial charge in [0.1, 0.15) is 6.04 Å². The summed E-state index contributed by atoms with van der Waals surface area (Å²) in [7, 11) is 0. The first-order valence-corrected chi connectivity index (χ1v) is 8.46. The molecule has 2 heterocycles. The first-order chi connectivity index (χ1) is 11.7. The predicted molar refractivity (Wildman–Crippen MR) is 88.4 cm³/mol. The van der Waals surface area contributed by atoms with Gasteiger partial charge in [-0.25, -0.2) is 0 Å². The summed E-state index contributed by atoms with van der Waals surface area (Å²) in [5.41, 5.74) is 2.51. The van der Waals surface area contributed by atoms with Crippen LogP contribution >= 0.6 is 0 Å². The van der Waals surface area contributed by atoms with Gasteiger partial charge in [0.2, 0.25) is 5.91 Å². The Hall–Kier alpha value is -2.56. The second kappa shape index (κ2) is 6.15. The van der Waals surface area contributed by atoms with Crippen LogP contribution in [0.1, 0.15) is 47.0 Å². The van der Waals surface area contributed by atoms with Gasteiger partial charge in [0.15, 0.2) is 5.76 Å².